The van der Waals surface area contributed by atoms with Crippen LogP contribution in [0.5, 0.6) is 0 Å². The van der Waals surface area contributed by atoms with Gasteiger partial charge in [0.15, 0.2) is 0 Å². The highest BCUT2D eigenvalue weighted by molar-refractivity contribution is 7.80. The van der Waals surface area contributed by atoms with Crippen molar-refractivity contribution in [2.75, 3.05) is 0 Å². The molecule has 0 aliphatic heterocycles. The van der Waals surface area contributed by atoms with E-state index < -0.39 is 0 Å². The molecule has 0 aliphatic rings. The zero-order chi connectivity index (χ0) is 13.8. The second kappa shape index (κ2) is 5.95. The molecule has 0 spiro atoms. The molecule has 0 atom stereocenters. The predicted molar refractivity (Wildman–Crippen MR) is 82.6 cm³/mol. The van der Waals surface area contributed by atoms with Gasteiger partial charge < -0.3 is 11.1 Å². The van der Waals surface area contributed by atoms with Crippen LogP contribution in [-0.4, -0.2) is 10.9 Å². The average Bonchev–Trinajstić information content (AvgIpc) is 2.83. The van der Waals surface area contributed by atoms with Gasteiger partial charge in [0.1, 0.15) is 4.99 Å². The number of nitrogens with one attached hydrogen (secondary N) is 1. The molecular weight excluding hydrogens is 276 g/mol. The van der Waals surface area contributed by atoms with Crippen LogP contribution in [0.15, 0.2) is 35.0 Å². The van der Waals surface area contributed by atoms with Crippen LogP contribution in [0.25, 0.3) is 0 Å². The Labute approximate surface area is 121 Å². The highest BCUT2D eigenvalue weighted by Crippen LogP contribution is 2.13. The van der Waals surface area contributed by atoms with Crippen LogP contribution in [-0.2, 0) is 6.54 Å². The van der Waals surface area contributed by atoms with Gasteiger partial charge in [-0.3, -0.25) is 4.79 Å². The zero-order valence-corrected chi connectivity index (χ0v) is 12.1. The van der Waals surface area contributed by atoms with Crippen LogP contribution < -0.4 is 11.1 Å². The minimum Gasteiger partial charge on any atom is -0.389 e. The Balaban J connectivity index is 1.97. The average molecular weight is 290 g/mol. The van der Waals surface area contributed by atoms with Gasteiger partial charge in [-0.2, -0.15) is 11.3 Å². The lowest BCUT2D eigenvalue weighted by atomic mass is 10.1. The Kier molecular flexibility index (Phi) is 4.29. The first-order valence-corrected chi connectivity index (χ1v) is 7.13. The maximum atomic E-state index is 11.9. The molecule has 1 aromatic heterocycles. The summed E-state index contributed by atoms with van der Waals surface area (Å²) in [5.74, 6) is -0.0443. The smallest absolute Gasteiger partial charge is 0.252 e. The molecular formula is C14H14N2OS2. The monoisotopic (exact) mass is 290 g/mol. The van der Waals surface area contributed by atoms with Gasteiger partial charge in [-0.15, -0.1) is 0 Å². The van der Waals surface area contributed by atoms with Crippen LogP contribution in [0.1, 0.15) is 27.0 Å². The maximum Gasteiger partial charge on any atom is 0.252 e. The van der Waals surface area contributed by atoms with E-state index in [4.69, 9.17) is 18.0 Å². The van der Waals surface area contributed by atoms with Crippen molar-refractivity contribution in [2.24, 2.45) is 5.73 Å². The summed E-state index contributed by atoms with van der Waals surface area (Å²) >= 11 is 6.42. The number of hydrogen-bond donors (Lipinski definition) is 2. The van der Waals surface area contributed by atoms with E-state index >= 15 is 0 Å². The van der Waals surface area contributed by atoms with E-state index in [0.717, 1.165) is 22.3 Å². The Bertz CT molecular complexity index is 602. The van der Waals surface area contributed by atoms with E-state index in [2.05, 4.69) is 5.32 Å². The quantitative estimate of drug-likeness (QED) is 0.851. The number of carbonyl (C=O) groups excluding carboxylic acids is 1. The fraction of sp³-hybridized carbons (Fsp3) is 0.143. The molecule has 0 saturated heterocycles. The lowest BCUT2D eigenvalue weighted by molar-refractivity contribution is 0.0951. The molecule has 5 heteroatoms. The molecule has 98 valence electrons. The Morgan fingerprint density at radius 1 is 1.32 bits per heavy atom. The van der Waals surface area contributed by atoms with Gasteiger partial charge in [-0.1, -0.05) is 36.5 Å². The van der Waals surface area contributed by atoms with E-state index in [-0.39, 0.29) is 5.91 Å². The van der Waals surface area contributed by atoms with Crippen molar-refractivity contribution in [1.29, 1.82) is 0 Å². The van der Waals surface area contributed by atoms with E-state index in [1.54, 1.807) is 0 Å². The fourth-order valence-electron chi connectivity index (χ4n) is 1.66. The van der Waals surface area contributed by atoms with Crippen LogP contribution in [0.3, 0.4) is 0 Å². The summed E-state index contributed by atoms with van der Waals surface area (Å²) in [4.78, 5) is 12.3. The van der Waals surface area contributed by atoms with Crippen LogP contribution in [0.4, 0.5) is 0 Å². The van der Waals surface area contributed by atoms with Gasteiger partial charge in [-0.05, 0) is 23.4 Å². The normalized spacial score (nSPS) is 10.2. The number of nitrogens with two attached hydrogens (primary N) is 1. The van der Waals surface area contributed by atoms with Gasteiger partial charge >= 0.3 is 0 Å². The topological polar surface area (TPSA) is 55.1 Å². The third-order valence-electron chi connectivity index (χ3n) is 2.79. The Hall–Kier alpha value is -1.72. The van der Waals surface area contributed by atoms with Crippen LogP contribution in [0.2, 0.25) is 0 Å². The lowest BCUT2D eigenvalue weighted by Crippen LogP contribution is -2.23. The van der Waals surface area contributed by atoms with Crippen molar-refractivity contribution in [1.82, 2.24) is 5.32 Å². The largest absolute Gasteiger partial charge is 0.389 e. The number of thiocarbonyl (C=S) groups is 1. The molecule has 1 heterocycles. The summed E-state index contributed by atoms with van der Waals surface area (Å²) < 4.78 is 0. The van der Waals surface area contributed by atoms with Crippen molar-refractivity contribution < 1.29 is 4.79 Å². The zero-order valence-electron chi connectivity index (χ0n) is 10.5. The molecule has 3 nitrogen and oxygen atoms in total. The summed E-state index contributed by atoms with van der Waals surface area (Å²) in [7, 11) is 0. The molecule has 0 saturated carbocycles. The Morgan fingerprint density at radius 3 is 2.53 bits per heavy atom. The van der Waals surface area contributed by atoms with Crippen LogP contribution >= 0.6 is 23.6 Å². The fourth-order valence-corrected chi connectivity index (χ4v) is 2.62. The third-order valence-corrected chi connectivity index (χ3v) is 3.89. The van der Waals surface area contributed by atoms with Gasteiger partial charge in [0.05, 0.1) is 5.56 Å². The molecule has 0 unspecified atom stereocenters. The van der Waals surface area contributed by atoms with E-state index in [1.165, 1.54) is 11.3 Å². The lowest BCUT2D eigenvalue weighted by Gasteiger charge is -2.06. The molecule has 2 aromatic rings. The van der Waals surface area contributed by atoms with Crippen molar-refractivity contribution in [3.63, 3.8) is 0 Å². The minimum absolute atomic E-state index is 0.0443. The summed E-state index contributed by atoms with van der Waals surface area (Å²) in [6, 6.07) is 7.55. The summed E-state index contributed by atoms with van der Waals surface area (Å²) in [5.41, 5.74) is 9.12. The van der Waals surface area contributed by atoms with Crippen molar-refractivity contribution in [3.8, 4) is 0 Å². The molecule has 1 amide bonds. The SMILES string of the molecule is Cc1cscc1C(=O)NCc1ccc(C(N)=S)cc1. The molecule has 0 radical (unpaired) electrons. The van der Waals surface area contributed by atoms with Crippen molar-refractivity contribution in [2.45, 2.75) is 13.5 Å². The molecule has 1 aromatic carbocycles. The van der Waals surface area contributed by atoms with Gasteiger partial charge in [-0.25, -0.2) is 0 Å². The highest BCUT2D eigenvalue weighted by Gasteiger charge is 2.09. The standard InChI is InChI=1S/C14H14N2OS2/c1-9-7-19-8-12(9)14(17)16-6-10-2-4-11(5-3-10)13(15)18/h2-5,7-8H,6H2,1H3,(H2,15,18)(H,16,17). The number of rotatable bonds is 4. The van der Waals surface area contributed by atoms with E-state index in [1.807, 2.05) is 41.9 Å². The second-order valence-electron chi connectivity index (χ2n) is 4.21. The highest BCUT2D eigenvalue weighted by atomic mass is 32.1. The number of benzene rings is 1. The summed E-state index contributed by atoms with van der Waals surface area (Å²) in [5, 5.41) is 6.72. The van der Waals surface area contributed by atoms with Gasteiger partial charge in [0.2, 0.25) is 0 Å². The van der Waals surface area contributed by atoms with E-state index in [0.29, 0.717) is 11.5 Å². The number of aryl methyl sites for hydroxylation is 1. The van der Waals surface area contributed by atoms with Gasteiger partial charge in [0.25, 0.3) is 5.91 Å². The molecule has 0 aliphatic carbocycles. The second-order valence-corrected chi connectivity index (χ2v) is 5.40. The maximum absolute atomic E-state index is 11.9. The summed E-state index contributed by atoms with van der Waals surface area (Å²) in [6.07, 6.45) is 0. The molecule has 0 fully saturated rings. The minimum atomic E-state index is -0.0443. The number of amides is 1. The summed E-state index contributed by atoms with van der Waals surface area (Å²) in [6.45, 7) is 2.42. The van der Waals surface area contributed by atoms with Crippen LogP contribution in [0, 0.1) is 6.92 Å². The first-order valence-electron chi connectivity index (χ1n) is 5.77. The van der Waals surface area contributed by atoms with Crippen molar-refractivity contribution >= 4 is 34.5 Å². The van der Waals surface area contributed by atoms with Crippen molar-refractivity contribution in [3.05, 3.63) is 57.3 Å². The predicted octanol–water partition coefficient (Wildman–Crippen LogP) is 2.62. The van der Waals surface area contributed by atoms with E-state index in [9.17, 15) is 4.79 Å². The Morgan fingerprint density at radius 2 is 2.00 bits per heavy atom. The number of hydrogen-bond acceptors (Lipinski definition) is 3. The number of thiophene rings is 1. The first-order chi connectivity index (χ1) is 9.08. The molecule has 3 N–H and O–H groups in total. The van der Waals surface area contributed by atoms with Gasteiger partial charge in [0, 0.05) is 17.5 Å². The molecule has 19 heavy (non-hydrogen) atoms. The molecule has 2 rings (SSSR count). The third kappa shape index (κ3) is 3.39. The molecule has 0 bridgehead atoms. The first kappa shape index (κ1) is 13.7. The number of carbonyl (C=O) groups is 1.